The molecule has 1 aromatic heterocycles. The molecule has 1 rings (SSSR count). The molecule has 0 aliphatic heterocycles. The van der Waals surface area contributed by atoms with Crippen LogP contribution in [0.4, 0.5) is 0 Å². The topological polar surface area (TPSA) is 61.0 Å². The van der Waals surface area contributed by atoms with E-state index in [4.69, 9.17) is 10.5 Å². The number of ether oxygens (including phenoxy) is 1. The van der Waals surface area contributed by atoms with E-state index >= 15 is 0 Å². The maximum atomic E-state index is 5.62. The summed E-state index contributed by atoms with van der Waals surface area (Å²) in [5.74, 6) is 1.85. The van der Waals surface area contributed by atoms with Gasteiger partial charge < -0.3 is 10.5 Å². The van der Waals surface area contributed by atoms with E-state index in [1.165, 1.54) is 0 Å². The first-order valence-corrected chi connectivity index (χ1v) is 5.37. The monoisotopic (exact) mass is 209 g/mol. The molecule has 0 aromatic carbocycles. The first kappa shape index (κ1) is 11.9. The van der Waals surface area contributed by atoms with Crippen LogP contribution >= 0.6 is 0 Å². The maximum Gasteiger partial charge on any atom is 0.160 e. The van der Waals surface area contributed by atoms with Crippen molar-refractivity contribution in [3.63, 3.8) is 0 Å². The highest BCUT2D eigenvalue weighted by Gasteiger charge is 2.09. The van der Waals surface area contributed by atoms with Crippen molar-refractivity contribution < 1.29 is 4.74 Å². The Morgan fingerprint density at radius 1 is 1.47 bits per heavy atom. The fraction of sp³-hybridized carbons (Fsp3) is 0.636. The fourth-order valence-electron chi connectivity index (χ4n) is 1.18. The Bertz CT molecular complexity index is 313. The van der Waals surface area contributed by atoms with E-state index in [1.54, 1.807) is 6.20 Å². The Labute approximate surface area is 90.9 Å². The molecule has 0 atom stereocenters. The van der Waals surface area contributed by atoms with Gasteiger partial charge in [0, 0.05) is 12.5 Å². The Kier molecular flexibility index (Phi) is 4.49. The molecule has 0 bridgehead atoms. The van der Waals surface area contributed by atoms with Crippen LogP contribution in [0.5, 0.6) is 5.75 Å². The van der Waals surface area contributed by atoms with Crippen LogP contribution in [0.1, 0.15) is 44.6 Å². The van der Waals surface area contributed by atoms with Crippen LogP contribution in [0, 0.1) is 0 Å². The second-order valence-corrected chi connectivity index (χ2v) is 3.75. The summed E-state index contributed by atoms with van der Waals surface area (Å²) >= 11 is 0. The van der Waals surface area contributed by atoms with Crippen molar-refractivity contribution in [2.75, 3.05) is 6.61 Å². The molecule has 0 radical (unpaired) electrons. The molecule has 1 aromatic rings. The van der Waals surface area contributed by atoms with Crippen LogP contribution in [0.2, 0.25) is 0 Å². The first-order valence-electron chi connectivity index (χ1n) is 5.37. The molecular formula is C11H19N3O. The molecule has 0 saturated heterocycles. The molecule has 4 nitrogen and oxygen atoms in total. The summed E-state index contributed by atoms with van der Waals surface area (Å²) in [6, 6.07) is 0. The first-order chi connectivity index (χ1) is 7.19. The zero-order chi connectivity index (χ0) is 11.3. The number of aromatic nitrogens is 2. The minimum Gasteiger partial charge on any atom is -0.490 e. The van der Waals surface area contributed by atoms with Crippen molar-refractivity contribution in [3.05, 3.63) is 17.7 Å². The third-order valence-electron chi connectivity index (χ3n) is 2.02. The summed E-state index contributed by atoms with van der Waals surface area (Å²) in [4.78, 5) is 8.63. The van der Waals surface area contributed by atoms with Crippen LogP contribution < -0.4 is 10.5 Å². The van der Waals surface area contributed by atoms with Gasteiger partial charge in [-0.05, 0) is 6.42 Å². The lowest BCUT2D eigenvalue weighted by atomic mass is 10.2. The van der Waals surface area contributed by atoms with Gasteiger partial charge in [0.25, 0.3) is 0 Å². The molecule has 0 aliphatic carbocycles. The van der Waals surface area contributed by atoms with Crippen molar-refractivity contribution in [1.29, 1.82) is 0 Å². The van der Waals surface area contributed by atoms with Gasteiger partial charge in [0.1, 0.15) is 5.82 Å². The van der Waals surface area contributed by atoms with Crippen molar-refractivity contribution in [1.82, 2.24) is 9.97 Å². The second-order valence-electron chi connectivity index (χ2n) is 3.75. The van der Waals surface area contributed by atoms with E-state index in [2.05, 4.69) is 30.7 Å². The Morgan fingerprint density at radius 3 is 2.73 bits per heavy atom. The van der Waals surface area contributed by atoms with Crippen LogP contribution in [-0.4, -0.2) is 16.6 Å². The van der Waals surface area contributed by atoms with E-state index in [1.807, 2.05) is 0 Å². The van der Waals surface area contributed by atoms with Gasteiger partial charge in [-0.25, -0.2) is 9.97 Å². The van der Waals surface area contributed by atoms with Crippen LogP contribution in [-0.2, 0) is 6.54 Å². The molecule has 15 heavy (non-hydrogen) atoms. The van der Waals surface area contributed by atoms with E-state index < -0.39 is 0 Å². The van der Waals surface area contributed by atoms with Crippen LogP contribution in [0.15, 0.2) is 6.20 Å². The number of nitrogens with zero attached hydrogens (tertiary/aromatic N) is 2. The molecule has 4 heteroatoms. The molecule has 84 valence electrons. The lowest BCUT2D eigenvalue weighted by molar-refractivity contribution is 0.310. The molecule has 0 saturated carbocycles. The van der Waals surface area contributed by atoms with Gasteiger partial charge in [0.05, 0.1) is 18.5 Å². The van der Waals surface area contributed by atoms with Crippen LogP contribution in [0.3, 0.4) is 0 Å². The third kappa shape index (κ3) is 3.16. The largest absolute Gasteiger partial charge is 0.490 e. The average Bonchev–Trinajstić information content (AvgIpc) is 2.25. The van der Waals surface area contributed by atoms with Gasteiger partial charge in [-0.15, -0.1) is 0 Å². The van der Waals surface area contributed by atoms with Crippen molar-refractivity contribution in [3.8, 4) is 5.75 Å². The average molecular weight is 209 g/mol. The highest BCUT2D eigenvalue weighted by Crippen LogP contribution is 2.18. The number of hydrogen-bond acceptors (Lipinski definition) is 4. The van der Waals surface area contributed by atoms with E-state index in [0.29, 0.717) is 24.8 Å². The smallest absolute Gasteiger partial charge is 0.160 e. The zero-order valence-corrected chi connectivity index (χ0v) is 9.66. The SMILES string of the molecule is CCCOc1cnc(C(C)C)nc1CN. The van der Waals surface area contributed by atoms with E-state index in [-0.39, 0.29) is 0 Å². The van der Waals surface area contributed by atoms with E-state index in [0.717, 1.165) is 17.9 Å². The third-order valence-corrected chi connectivity index (χ3v) is 2.02. The molecule has 0 fully saturated rings. The molecule has 0 spiro atoms. The summed E-state index contributed by atoms with van der Waals surface area (Å²) in [6.07, 6.45) is 2.69. The van der Waals surface area contributed by atoms with Gasteiger partial charge in [-0.3, -0.25) is 0 Å². The molecule has 0 aliphatic rings. The van der Waals surface area contributed by atoms with E-state index in [9.17, 15) is 0 Å². The molecule has 1 heterocycles. The highest BCUT2D eigenvalue weighted by molar-refractivity contribution is 5.25. The Morgan fingerprint density at radius 2 is 2.20 bits per heavy atom. The Balaban J connectivity index is 2.88. The van der Waals surface area contributed by atoms with Crippen molar-refractivity contribution >= 4 is 0 Å². The summed E-state index contributed by atoms with van der Waals surface area (Å²) in [6.45, 7) is 7.24. The van der Waals surface area contributed by atoms with Gasteiger partial charge in [-0.2, -0.15) is 0 Å². The number of nitrogens with two attached hydrogens (primary N) is 1. The minimum atomic E-state index is 0.315. The maximum absolute atomic E-state index is 5.62. The standard InChI is InChI=1S/C11H19N3O/c1-4-5-15-10-7-13-11(8(2)3)14-9(10)6-12/h7-8H,4-6,12H2,1-3H3. The van der Waals surface area contributed by atoms with Gasteiger partial charge in [0.15, 0.2) is 5.75 Å². The molecular weight excluding hydrogens is 190 g/mol. The minimum absolute atomic E-state index is 0.315. The quantitative estimate of drug-likeness (QED) is 0.804. The normalized spacial score (nSPS) is 10.7. The van der Waals surface area contributed by atoms with Crippen molar-refractivity contribution in [2.45, 2.75) is 39.7 Å². The lowest BCUT2D eigenvalue weighted by Crippen LogP contribution is -2.09. The predicted octanol–water partition coefficient (Wildman–Crippen LogP) is 1.85. The fourth-order valence-corrected chi connectivity index (χ4v) is 1.18. The lowest BCUT2D eigenvalue weighted by Gasteiger charge is -2.11. The molecule has 0 unspecified atom stereocenters. The molecule has 0 amide bonds. The predicted molar refractivity (Wildman–Crippen MR) is 59.8 cm³/mol. The second kappa shape index (κ2) is 5.66. The van der Waals surface area contributed by atoms with Crippen LogP contribution in [0.25, 0.3) is 0 Å². The summed E-state index contributed by atoms with van der Waals surface area (Å²) in [5.41, 5.74) is 6.41. The summed E-state index contributed by atoms with van der Waals surface area (Å²) in [7, 11) is 0. The number of hydrogen-bond donors (Lipinski definition) is 1. The Hall–Kier alpha value is -1.16. The number of rotatable bonds is 5. The highest BCUT2D eigenvalue weighted by atomic mass is 16.5. The zero-order valence-electron chi connectivity index (χ0n) is 9.66. The van der Waals surface area contributed by atoms with Gasteiger partial charge in [-0.1, -0.05) is 20.8 Å². The summed E-state index contributed by atoms with van der Waals surface area (Å²) < 4.78 is 5.51. The summed E-state index contributed by atoms with van der Waals surface area (Å²) in [5, 5.41) is 0. The van der Waals surface area contributed by atoms with Gasteiger partial charge in [0.2, 0.25) is 0 Å². The van der Waals surface area contributed by atoms with Crippen molar-refractivity contribution in [2.24, 2.45) is 5.73 Å². The van der Waals surface area contributed by atoms with Gasteiger partial charge >= 0.3 is 0 Å². The molecule has 2 N–H and O–H groups in total.